The summed E-state index contributed by atoms with van der Waals surface area (Å²) in [5.74, 6) is -56.4. The van der Waals surface area contributed by atoms with Crippen molar-refractivity contribution in [3.63, 3.8) is 0 Å². The smallest absolute Gasteiger partial charge is 0.338 e. The van der Waals surface area contributed by atoms with Crippen LogP contribution in [0.25, 0.3) is 0 Å². The molecule has 0 bridgehead atoms. The second-order valence-corrected chi connectivity index (χ2v) is 35.4. The minimum Gasteiger partial charge on any atom is -0.393 e. The third kappa shape index (κ3) is 39.7. The van der Waals surface area contributed by atoms with Gasteiger partial charge in [0.1, 0.15) is 0 Å². The molecule has 4 aromatic carbocycles. The number of carbonyl (C=O) groups excluding carboxylic acids is 14. The maximum Gasteiger partial charge on any atom is 0.338 e. The molecule has 0 aliphatic carbocycles. The van der Waals surface area contributed by atoms with Gasteiger partial charge in [0.2, 0.25) is 0 Å². The van der Waals surface area contributed by atoms with E-state index in [1.54, 1.807) is 102 Å². The maximum absolute atomic E-state index is 12.6. The number of cyclic esters (lactones) is 4. The van der Waals surface area contributed by atoms with Crippen LogP contribution in [0.5, 0.6) is 0 Å². The van der Waals surface area contributed by atoms with Crippen LogP contribution in [0, 0.1) is 28.5 Å². The number of benzene rings is 4. The molecule has 2 aliphatic rings. The first-order chi connectivity index (χ1) is 52.6. The molecule has 0 saturated carbocycles. The van der Waals surface area contributed by atoms with E-state index < -0.39 is 216 Å². The van der Waals surface area contributed by atoms with Crippen LogP contribution in [0.3, 0.4) is 0 Å². The van der Waals surface area contributed by atoms with E-state index in [-0.39, 0.29) is 40.2 Å². The molecule has 0 atom stereocenters. The number of hydrogen-bond acceptors (Lipinski definition) is 27. The number of aryl methyl sites for hydroxylation is 1. The summed E-state index contributed by atoms with van der Waals surface area (Å²) in [5.41, 5.74) is -0.293. The van der Waals surface area contributed by atoms with E-state index >= 15 is 0 Å². The zero-order valence-electron chi connectivity index (χ0n) is 61.1. The summed E-state index contributed by atoms with van der Waals surface area (Å²) in [6, 6.07) is 31.7. The van der Waals surface area contributed by atoms with E-state index in [4.69, 9.17) is 8.65 Å². The Morgan fingerprint density at radius 2 is 0.726 bits per heavy atom. The molecule has 4 aromatic rings. The Labute approximate surface area is 670 Å². The van der Waals surface area contributed by atoms with Crippen molar-refractivity contribution in [2.75, 3.05) is 0 Å². The summed E-state index contributed by atoms with van der Waals surface area (Å²) >= 11 is -9.37. The average molecular weight is 2090 g/mol. The van der Waals surface area contributed by atoms with Crippen molar-refractivity contribution in [2.24, 2.45) is 10.8 Å². The fraction of sp³-hybridized carbons (Fsp3) is 0.385. The van der Waals surface area contributed by atoms with Gasteiger partial charge in [0.05, 0.1) is 12.8 Å². The Morgan fingerprint density at radius 1 is 0.393 bits per heavy atom. The van der Waals surface area contributed by atoms with Crippen molar-refractivity contribution in [1.29, 1.82) is 0 Å². The topological polar surface area (TPSA) is 386 Å². The Kier molecular flexibility index (Phi) is 42.9. The van der Waals surface area contributed by atoms with Crippen LogP contribution in [0.1, 0.15) is 94.6 Å². The predicted octanol–water partition coefficient (Wildman–Crippen LogP) is 14.8. The Balaban J connectivity index is 0. The second kappa shape index (κ2) is 45.7. The van der Waals surface area contributed by atoms with E-state index in [9.17, 15) is 171 Å². The van der Waals surface area contributed by atoms with Crippen molar-refractivity contribution in [3.05, 3.63) is 144 Å². The van der Waals surface area contributed by atoms with Gasteiger partial charge in [0, 0.05) is 39.8 Å². The minimum absolute atomic E-state index is 0.0605. The number of alkyl halides is 21. The molecule has 658 valence electrons. The monoisotopic (exact) mass is 2090 g/mol. The molecule has 1 saturated heterocycles. The van der Waals surface area contributed by atoms with Gasteiger partial charge >= 0.3 is 471 Å². The van der Waals surface area contributed by atoms with Gasteiger partial charge in [-0.3, -0.25) is 19.2 Å². The third-order valence-electron chi connectivity index (χ3n) is 11.0. The number of hydrogen-bond donors (Lipinski definition) is 1. The third-order valence-corrected chi connectivity index (χ3v) is 23.3. The Morgan fingerprint density at radius 3 is 1.00 bits per heavy atom. The van der Waals surface area contributed by atoms with Crippen molar-refractivity contribution in [3.8, 4) is 0 Å². The summed E-state index contributed by atoms with van der Waals surface area (Å²) in [4.78, 5) is 146. The van der Waals surface area contributed by atoms with Gasteiger partial charge in [-0.05, 0) is 0 Å². The van der Waals surface area contributed by atoms with E-state index in [1.165, 1.54) is 38.1 Å². The first-order valence-corrected chi connectivity index (χ1v) is 40.3. The molecule has 0 spiro atoms. The summed E-state index contributed by atoms with van der Waals surface area (Å²) in [5, 5.41) is 0. The van der Waals surface area contributed by atoms with E-state index in [0.717, 1.165) is 28.2 Å². The van der Waals surface area contributed by atoms with E-state index in [1.807, 2.05) is 37.3 Å². The standard InChI is InChI=1S/C16H23IO4.C13H13IO4S.C10H8F3IO4.C8H3F11O3.C6H3F7O3.C4H4O3.C4H2O3.C4H6O3/c1-15(2,3)13(18)20-17(12-10-8-7-9-11-12)21-14(19)16(4,5)6;1-11-7-9-13(10-8-11)19(16,17)18-14(15)12-5-3-2-4-6-12;1-7(15)17-14(8-5-3-2-4-6-8)18-9(16)10(11,12)13;1-4(9,10)5(11,12)2(20)22-3(21)6(13,14)7(15,16)8(17,18)19;1-4(7,8)2(14)16-3(15)5(9,10)6(11,12)13;2*5-3-1-2-4(6)7-3;1-3(5)7-4(2)6/h7-11H,1-6H3;2-10,15H,1H3;2-6H,1H3;1H3;1H3;1-2H2;1-2H;1-2H3. The number of esters is 10. The van der Waals surface area contributed by atoms with Crippen LogP contribution < -0.4 is 0 Å². The largest absolute Gasteiger partial charge is 0.393 e. The molecule has 2 aliphatic heterocycles. The number of rotatable bonds is 16. The molecule has 2 heterocycles. The molecule has 0 aromatic heterocycles. The first-order valence-electron chi connectivity index (χ1n) is 30.3. The van der Waals surface area contributed by atoms with Gasteiger partial charge < -0.3 is 23.7 Å². The molecule has 0 amide bonds. The summed E-state index contributed by atoms with van der Waals surface area (Å²) < 4.78 is 331. The van der Waals surface area contributed by atoms with E-state index in [0.29, 0.717) is 3.57 Å². The fourth-order valence-electron chi connectivity index (χ4n) is 5.18. The fourth-order valence-corrected chi connectivity index (χ4v) is 16.0. The summed E-state index contributed by atoms with van der Waals surface area (Å²) in [6.07, 6.45) is -15.8. The predicted molar refractivity (Wildman–Crippen MR) is 373 cm³/mol. The van der Waals surface area contributed by atoms with Crippen LogP contribution in [-0.2, 0) is 116 Å². The molecule has 0 unspecified atom stereocenters. The molecule has 0 radical (unpaired) electrons. The quantitative estimate of drug-likeness (QED) is 0.0358. The van der Waals surface area contributed by atoms with Gasteiger partial charge in [-0.1, -0.05) is 0 Å². The molecular weight excluding hydrogens is 2020 g/mol. The van der Waals surface area contributed by atoms with Crippen LogP contribution in [0.4, 0.5) is 92.2 Å². The van der Waals surface area contributed by atoms with Crippen LogP contribution in [-0.4, -0.2) is 149 Å². The van der Waals surface area contributed by atoms with Gasteiger partial charge in [0.15, 0.2) is 0 Å². The van der Waals surface area contributed by atoms with Crippen LogP contribution >= 0.6 is 61.9 Å². The zero-order chi connectivity index (χ0) is 92.0. The van der Waals surface area contributed by atoms with Crippen molar-refractivity contribution in [2.45, 2.75) is 155 Å². The molecule has 117 heavy (non-hydrogen) atoms. The van der Waals surface area contributed by atoms with Crippen molar-refractivity contribution in [1.82, 2.24) is 0 Å². The van der Waals surface area contributed by atoms with Crippen LogP contribution in [0.15, 0.2) is 132 Å². The minimum atomic E-state index is -7.10. The van der Waals surface area contributed by atoms with Crippen molar-refractivity contribution < 1.29 is 210 Å². The van der Waals surface area contributed by atoms with Crippen LogP contribution in [0.2, 0.25) is 0 Å². The Hall–Kier alpha value is -9.21. The summed E-state index contributed by atoms with van der Waals surface area (Å²) in [6.45, 7) is 15.2. The number of ether oxygens (including phenoxy) is 5. The first kappa shape index (κ1) is 110. The average Bonchev–Trinajstić information content (AvgIpc) is 1.72. The van der Waals surface area contributed by atoms with E-state index in [2.05, 4.69) is 29.8 Å². The molecule has 27 nitrogen and oxygen atoms in total. The molecule has 52 heteroatoms. The van der Waals surface area contributed by atoms with Gasteiger partial charge in [-0.2, -0.15) is 79.0 Å². The molecule has 6 rings (SSSR count). The number of halogens is 24. The molecule has 1 fully saturated rings. The second-order valence-electron chi connectivity index (χ2n) is 23.5. The number of carbonyl (C=O) groups is 14. The SMILES string of the molecule is CC(=O)OC(C)=O.CC(=O)OI(OC(=O)C(F)(F)F)c1ccccc1.CC(C)(C)C(=O)OI(OC(=O)C(C)(C)C)c1ccccc1.CC(F)(F)C(=O)OC(=O)C(F)(F)C(F)(F)F.CC(F)(F)C(F)(F)C(=O)OC(=O)C(F)(F)C(F)(F)C(F)(F)F.Cc1ccc(S(=O)(=O)OI(O)c2ccccc2)cc1.O=C1C=CC(=O)O1.O=C1CCC(=O)O1. The van der Waals surface area contributed by atoms with Crippen molar-refractivity contribution >= 4 is 156 Å². The Bertz CT molecular complexity index is 4170. The van der Waals surface area contributed by atoms with Gasteiger partial charge in [-0.15, -0.1) is 0 Å². The maximum atomic E-state index is 12.6. The van der Waals surface area contributed by atoms with Gasteiger partial charge in [-0.25, -0.2) is 28.8 Å². The summed E-state index contributed by atoms with van der Waals surface area (Å²) in [7, 11) is -3.90. The zero-order valence-corrected chi connectivity index (χ0v) is 68.4. The normalized spacial score (nSPS) is 13.4. The van der Waals surface area contributed by atoms with Gasteiger partial charge in [0.25, 0.3) is 0 Å². The molecular formula is C65H62F21I3O27S. The molecule has 1 N–H and O–H groups in total.